The van der Waals surface area contributed by atoms with Crippen molar-refractivity contribution >= 4 is 35.3 Å². The number of rotatable bonds is 9. The lowest BCUT2D eigenvalue weighted by molar-refractivity contribution is -0.192. The van der Waals surface area contributed by atoms with Gasteiger partial charge in [-0.3, -0.25) is 9.36 Å². The number of imidazole rings is 1. The molecule has 0 bridgehead atoms. The van der Waals surface area contributed by atoms with Crippen LogP contribution < -0.4 is 4.74 Å². The molecule has 1 heterocycles. The molecule has 4 aromatic rings. The highest BCUT2D eigenvalue weighted by Gasteiger charge is 2.38. The monoisotopic (exact) mass is 700 g/mol. The molecule has 3 aromatic carbocycles. The molecular formula is C32H27ClF6N2O5S. The van der Waals surface area contributed by atoms with E-state index in [1.165, 1.54) is 36.0 Å². The fourth-order valence-corrected chi connectivity index (χ4v) is 6.34. The Hall–Kier alpha value is -4.17. The largest absolute Gasteiger partial charge is 0.495 e. The molecule has 1 aromatic heterocycles. The number of halogens is 7. The van der Waals surface area contributed by atoms with Gasteiger partial charge in [0, 0.05) is 29.3 Å². The lowest BCUT2D eigenvalue weighted by Crippen LogP contribution is -2.21. The molecular weight excluding hydrogens is 674 g/mol. The summed E-state index contributed by atoms with van der Waals surface area (Å²) in [4.78, 5) is 24.6. The average molecular weight is 701 g/mol. The first-order chi connectivity index (χ1) is 22.2. The Bertz CT molecular complexity index is 1740. The number of aryl methyl sites for hydroxylation is 2. The van der Waals surface area contributed by atoms with Gasteiger partial charge in [-0.2, -0.15) is 13.2 Å². The molecule has 0 spiro atoms. The zero-order chi connectivity index (χ0) is 34.5. The summed E-state index contributed by atoms with van der Waals surface area (Å²) in [5.74, 6) is -5.16. The summed E-state index contributed by atoms with van der Waals surface area (Å²) >= 11 is 7.47. The maximum atomic E-state index is 14.9. The first-order valence-electron chi connectivity index (χ1n) is 14.0. The van der Waals surface area contributed by atoms with Gasteiger partial charge >= 0.3 is 18.1 Å². The summed E-state index contributed by atoms with van der Waals surface area (Å²) in [5, 5.41) is 17.0. The van der Waals surface area contributed by atoms with E-state index in [0.717, 1.165) is 36.2 Å². The Morgan fingerprint density at radius 1 is 1.04 bits per heavy atom. The number of fused-ring (bicyclic) bond motifs is 1. The van der Waals surface area contributed by atoms with Crippen molar-refractivity contribution < 1.29 is 50.9 Å². The summed E-state index contributed by atoms with van der Waals surface area (Å²) in [7, 11) is 1.56. The van der Waals surface area contributed by atoms with Crippen LogP contribution in [0, 0.1) is 17.5 Å². The summed E-state index contributed by atoms with van der Waals surface area (Å²) in [6.07, 6.45) is -2.78. The molecule has 0 saturated carbocycles. The molecule has 0 aliphatic heterocycles. The number of thioether (sulfide) groups is 1. The summed E-state index contributed by atoms with van der Waals surface area (Å²) in [5.41, 5.74) is 3.67. The Morgan fingerprint density at radius 2 is 1.68 bits per heavy atom. The molecule has 0 amide bonds. The lowest BCUT2D eigenvalue weighted by Gasteiger charge is -2.26. The van der Waals surface area contributed by atoms with E-state index in [1.807, 2.05) is 16.7 Å². The zero-order valence-electron chi connectivity index (χ0n) is 24.6. The number of carbonyl (C=O) groups is 2. The van der Waals surface area contributed by atoms with Crippen LogP contribution in [0.3, 0.4) is 0 Å². The maximum Gasteiger partial charge on any atom is 0.490 e. The minimum atomic E-state index is -5.08. The van der Waals surface area contributed by atoms with Crippen LogP contribution in [-0.4, -0.2) is 45.0 Å². The predicted molar refractivity (Wildman–Crippen MR) is 162 cm³/mol. The van der Waals surface area contributed by atoms with Gasteiger partial charge in [-0.15, -0.1) is 0 Å². The number of aromatic nitrogens is 2. The first kappa shape index (κ1) is 35.7. The smallest absolute Gasteiger partial charge is 0.490 e. The van der Waals surface area contributed by atoms with Crippen molar-refractivity contribution in [2.75, 3.05) is 7.11 Å². The lowest BCUT2D eigenvalue weighted by atomic mass is 9.84. The topological polar surface area (TPSA) is 102 Å². The number of hydrogen-bond acceptors (Lipinski definition) is 5. The quantitative estimate of drug-likeness (QED) is 0.134. The molecule has 250 valence electrons. The van der Waals surface area contributed by atoms with Crippen molar-refractivity contribution in [1.29, 1.82) is 0 Å². The van der Waals surface area contributed by atoms with Gasteiger partial charge in [0.1, 0.15) is 23.2 Å². The van der Waals surface area contributed by atoms with E-state index in [0.29, 0.717) is 21.6 Å². The van der Waals surface area contributed by atoms with Gasteiger partial charge < -0.3 is 14.9 Å². The van der Waals surface area contributed by atoms with Crippen molar-refractivity contribution in [2.45, 2.75) is 55.1 Å². The van der Waals surface area contributed by atoms with E-state index in [9.17, 15) is 31.1 Å². The fourth-order valence-electron chi connectivity index (χ4n) is 5.09. The third kappa shape index (κ3) is 8.80. The van der Waals surface area contributed by atoms with Gasteiger partial charge in [0.25, 0.3) is 0 Å². The minimum Gasteiger partial charge on any atom is -0.495 e. The SMILES string of the molecule is COc1cc(C2CCCc3nc(SCc4c(F)cc(CCC(=O)O)cc4F)n(-c4ccc(F)cc4)c32)ccc1Cl.O=C(O)C(F)(F)F. The standard InChI is InChI=1S/C30H26ClF3N2O3S.C2HF3O2/c1-39-27-15-18(6-11-23(27)31)21-3-2-4-26-29(21)36(20-9-7-19(32)8-10-20)30(35-26)40-16-22-24(33)13-17(14-25(22)34)5-12-28(37)38;3-2(4,5)1(6)7/h6-11,13-15,21H,2-5,12,16H2,1H3,(H,37,38);(H,6,7). The number of ether oxygens (including phenoxy) is 1. The number of alkyl halides is 3. The zero-order valence-corrected chi connectivity index (χ0v) is 26.2. The normalized spacial score (nSPS) is 14.2. The molecule has 0 fully saturated rings. The molecule has 2 N–H and O–H groups in total. The molecule has 1 unspecified atom stereocenters. The third-order valence-electron chi connectivity index (χ3n) is 7.27. The van der Waals surface area contributed by atoms with Crippen molar-refractivity contribution in [3.63, 3.8) is 0 Å². The molecule has 0 saturated heterocycles. The van der Waals surface area contributed by atoms with Crippen molar-refractivity contribution in [2.24, 2.45) is 0 Å². The minimum absolute atomic E-state index is 0.0343. The van der Waals surface area contributed by atoms with Crippen LogP contribution in [0.5, 0.6) is 5.75 Å². The number of carboxylic acid groups (broad SMARTS) is 2. The summed E-state index contributed by atoms with van der Waals surface area (Å²) < 4.78 is 82.8. The Balaban J connectivity index is 0.000000644. The van der Waals surface area contributed by atoms with Gasteiger partial charge in [-0.05, 0) is 85.3 Å². The van der Waals surface area contributed by atoms with Gasteiger partial charge in [0.2, 0.25) is 0 Å². The van der Waals surface area contributed by atoms with E-state index < -0.39 is 29.7 Å². The molecule has 15 heteroatoms. The van der Waals surface area contributed by atoms with E-state index in [1.54, 1.807) is 25.3 Å². The Morgan fingerprint density at radius 3 is 2.26 bits per heavy atom. The summed E-state index contributed by atoms with van der Waals surface area (Å²) in [6, 6.07) is 14.1. The molecule has 47 heavy (non-hydrogen) atoms. The highest BCUT2D eigenvalue weighted by atomic mass is 35.5. The first-order valence-corrected chi connectivity index (χ1v) is 15.4. The van der Waals surface area contributed by atoms with Crippen molar-refractivity contribution in [3.8, 4) is 11.4 Å². The number of hydrogen-bond donors (Lipinski definition) is 2. The highest BCUT2D eigenvalue weighted by molar-refractivity contribution is 7.98. The Kier molecular flexibility index (Phi) is 11.5. The van der Waals surface area contributed by atoms with E-state index >= 15 is 0 Å². The van der Waals surface area contributed by atoms with Crippen LogP contribution in [0.4, 0.5) is 26.3 Å². The second-order valence-corrected chi connectivity index (χ2v) is 11.7. The van der Waals surface area contributed by atoms with Crippen LogP contribution in [-0.2, 0) is 28.2 Å². The van der Waals surface area contributed by atoms with Crippen LogP contribution in [0.15, 0.2) is 59.8 Å². The third-order valence-corrected chi connectivity index (χ3v) is 8.55. The molecule has 0 radical (unpaired) electrons. The van der Waals surface area contributed by atoms with Crippen LogP contribution in [0.25, 0.3) is 5.69 Å². The van der Waals surface area contributed by atoms with E-state index in [-0.39, 0.29) is 41.5 Å². The molecule has 5 rings (SSSR count). The van der Waals surface area contributed by atoms with Gasteiger partial charge in [0.15, 0.2) is 5.16 Å². The van der Waals surface area contributed by atoms with Crippen LogP contribution in [0.1, 0.15) is 53.3 Å². The molecule has 1 aliphatic carbocycles. The number of nitrogens with zero attached hydrogens (tertiary/aromatic N) is 2. The number of aliphatic carboxylic acids is 2. The molecule has 1 aliphatic rings. The van der Waals surface area contributed by atoms with Gasteiger partial charge in [-0.1, -0.05) is 29.4 Å². The number of carboxylic acids is 2. The second kappa shape index (κ2) is 15.2. The highest BCUT2D eigenvalue weighted by Crippen LogP contribution is 2.43. The predicted octanol–water partition coefficient (Wildman–Crippen LogP) is 8.36. The van der Waals surface area contributed by atoms with Crippen molar-refractivity contribution in [3.05, 3.63) is 105 Å². The van der Waals surface area contributed by atoms with Crippen LogP contribution >= 0.6 is 23.4 Å². The van der Waals surface area contributed by atoms with E-state index in [4.69, 9.17) is 36.3 Å². The number of benzene rings is 3. The molecule has 7 nitrogen and oxygen atoms in total. The average Bonchev–Trinajstić information content (AvgIpc) is 3.38. The van der Waals surface area contributed by atoms with E-state index in [2.05, 4.69) is 0 Å². The van der Waals surface area contributed by atoms with Crippen LogP contribution in [0.2, 0.25) is 5.02 Å². The Labute approximate surface area is 274 Å². The van der Waals surface area contributed by atoms with Gasteiger partial charge in [-0.25, -0.2) is 22.9 Å². The van der Waals surface area contributed by atoms with Crippen molar-refractivity contribution in [1.82, 2.24) is 9.55 Å². The number of methoxy groups -OCH3 is 1. The molecule has 1 atom stereocenters. The fraction of sp³-hybridized carbons (Fsp3) is 0.281. The second-order valence-electron chi connectivity index (χ2n) is 10.4. The maximum absolute atomic E-state index is 14.9. The van der Waals surface area contributed by atoms with Gasteiger partial charge in [0.05, 0.1) is 23.5 Å². The summed E-state index contributed by atoms with van der Waals surface area (Å²) in [6.45, 7) is 0.